The number of aromatic amines is 1. The van der Waals surface area contributed by atoms with Crippen LogP contribution < -0.4 is 11.2 Å². The molecule has 1 N–H and O–H groups in total. The lowest BCUT2D eigenvalue weighted by Gasteiger charge is -2.11. The molecule has 7 nitrogen and oxygen atoms in total. The van der Waals surface area contributed by atoms with Crippen molar-refractivity contribution in [2.75, 3.05) is 0 Å². The molecule has 3 aromatic heterocycles. The van der Waals surface area contributed by atoms with Crippen LogP contribution in [0.15, 0.2) is 27.9 Å². The first-order chi connectivity index (χ1) is 11.6. The van der Waals surface area contributed by atoms with E-state index in [1.54, 1.807) is 16.8 Å². The molecular formula is C16H16ClN5O2. The number of aromatic nitrogens is 5. The minimum Gasteiger partial charge on any atom is -0.307 e. The molecule has 0 aliphatic heterocycles. The molecule has 0 aromatic carbocycles. The number of aryl methyl sites for hydroxylation is 1. The van der Waals surface area contributed by atoms with Crippen LogP contribution >= 0.6 is 11.6 Å². The second-order valence-electron chi connectivity index (χ2n) is 5.99. The number of fused-ring (bicyclic) bond motifs is 1. The maximum absolute atomic E-state index is 12.3. The van der Waals surface area contributed by atoms with Gasteiger partial charge in [-0.3, -0.25) is 14.3 Å². The summed E-state index contributed by atoms with van der Waals surface area (Å²) >= 11 is 5.87. The Morgan fingerprint density at radius 1 is 1.33 bits per heavy atom. The predicted octanol–water partition coefficient (Wildman–Crippen LogP) is 2.35. The highest BCUT2D eigenvalue weighted by Crippen LogP contribution is 2.40. The summed E-state index contributed by atoms with van der Waals surface area (Å²) in [4.78, 5) is 35.5. The number of pyridine rings is 1. The molecule has 0 amide bonds. The Bertz CT molecular complexity index is 1030. The number of imidazole rings is 1. The van der Waals surface area contributed by atoms with Crippen molar-refractivity contribution in [1.29, 1.82) is 0 Å². The number of rotatable bonds is 4. The van der Waals surface area contributed by atoms with Crippen molar-refractivity contribution in [3.05, 3.63) is 44.3 Å². The third-order valence-electron chi connectivity index (χ3n) is 4.17. The molecule has 0 unspecified atom stereocenters. The van der Waals surface area contributed by atoms with Crippen LogP contribution in [-0.2, 0) is 6.54 Å². The summed E-state index contributed by atoms with van der Waals surface area (Å²) in [5.74, 6) is 0.651. The van der Waals surface area contributed by atoms with E-state index in [4.69, 9.17) is 11.6 Å². The van der Waals surface area contributed by atoms with Gasteiger partial charge in [-0.25, -0.2) is 14.8 Å². The van der Waals surface area contributed by atoms with Gasteiger partial charge in [0.05, 0.1) is 0 Å². The van der Waals surface area contributed by atoms with Crippen molar-refractivity contribution in [3.63, 3.8) is 0 Å². The largest absolute Gasteiger partial charge is 0.330 e. The number of nitrogens with one attached hydrogen (secondary N) is 1. The van der Waals surface area contributed by atoms with E-state index < -0.39 is 11.2 Å². The molecule has 3 aromatic rings. The molecule has 124 valence electrons. The molecule has 3 heterocycles. The Morgan fingerprint density at radius 3 is 2.75 bits per heavy atom. The number of hydrogen-bond donors (Lipinski definition) is 1. The van der Waals surface area contributed by atoms with Gasteiger partial charge in [0.1, 0.15) is 11.0 Å². The lowest BCUT2D eigenvalue weighted by molar-refractivity contribution is 0.628. The topological polar surface area (TPSA) is 85.6 Å². The lowest BCUT2D eigenvalue weighted by Crippen LogP contribution is -2.31. The van der Waals surface area contributed by atoms with E-state index >= 15 is 0 Å². The molecule has 1 aliphatic carbocycles. The number of halogens is 1. The molecule has 4 rings (SSSR count). The van der Waals surface area contributed by atoms with Gasteiger partial charge in [-0.2, -0.15) is 0 Å². The van der Waals surface area contributed by atoms with E-state index in [0.717, 1.165) is 24.8 Å². The van der Waals surface area contributed by atoms with Crippen molar-refractivity contribution >= 4 is 22.8 Å². The number of H-pyrrole nitrogens is 1. The van der Waals surface area contributed by atoms with E-state index in [1.165, 1.54) is 0 Å². The van der Waals surface area contributed by atoms with Crippen LogP contribution in [0.25, 0.3) is 22.6 Å². The first kappa shape index (κ1) is 15.1. The third-order valence-corrected chi connectivity index (χ3v) is 4.39. The number of hydrogen-bond acceptors (Lipinski definition) is 4. The normalized spacial score (nSPS) is 14.4. The van der Waals surface area contributed by atoms with Crippen molar-refractivity contribution in [3.8, 4) is 11.4 Å². The molecule has 1 fully saturated rings. The van der Waals surface area contributed by atoms with Gasteiger partial charge in [-0.1, -0.05) is 18.5 Å². The molecule has 0 saturated heterocycles. The Kier molecular flexibility index (Phi) is 3.53. The van der Waals surface area contributed by atoms with Crippen molar-refractivity contribution < 1.29 is 0 Å². The van der Waals surface area contributed by atoms with Gasteiger partial charge < -0.3 is 4.57 Å². The highest BCUT2D eigenvalue weighted by molar-refractivity contribution is 6.29. The van der Waals surface area contributed by atoms with Gasteiger partial charge >= 0.3 is 5.69 Å². The highest BCUT2D eigenvalue weighted by Gasteiger charge is 2.31. The van der Waals surface area contributed by atoms with Gasteiger partial charge in [-0.05, 0) is 31.4 Å². The Balaban J connectivity index is 2.08. The van der Waals surface area contributed by atoms with E-state index in [2.05, 4.69) is 15.0 Å². The fraction of sp³-hybridized carbons (Fsp3) is 0.375. The molecule has 0 radical (unpaired) electrons. The van der Waals surface area contributed by atoms with Crippen LogP contribution in [0.3, 0.4) is 0 Å². The summed E-state index contributed by atoms with van der Waals surface area (Å²) in [7, 11) is 0. The van der Waals surface area contributed by atoms with Gasteiger partial charge in [0.15, 0.2) is 11.2 Å². The standard InChI is InChI=1S/C16H16ClN5O2/c1-2-7-21-15-12(14(23)20-16(21)24)19-13(22(15)10-4-5-10)9-3-6-11(17)18-8-9/h3,6,8,10H,2,4-5,7H2,1H3,(H,20,23,24). The maximum atomic E-state index is 12.3. The molecule has 8 heteroatoms. The first-order valence-corrected chi connectivity index (χ1v) is 8.35. The van der Waals surface area contributed by atoms with Gasteiger partial charge in [0.25, 0.3) is 5.56 Å². The van der Waals surface area contributed by atoms with Crippen LogP contribution in [0.5, 0.6) is 0 Å². The zero-order valence-corrected chi connectivity index (χ0v) is 13.9. The van der Waals surface area contributed by atoms with E-state index in [-0.39, 0.29) is 6.04 Å². The van der Waals surface area contributed by atoms with Gasteiger partial charge in [0.2, 0.25) is 0 Å². The summed E-state index contributed by atoms with van der Waals surface area (Å²) in [6.45, 7) is 2.52. The summed E-state index contributed by atoms with van der Waals surface area (Å²) < 4.78 is 3.61. The number of nitrogens with zero attached hydrogens (tertiary/aromatic N) is 4. The average Bonchev–Trinajstić information content (AvgIpc) is 3.32. The summed E-state index contributed by atoms with van der Waals surface area (Å²) in [5.41, 5.74) is 0.817. The summed E-state index contributed by atoms with van der Waals surface area (Å²) in [5, 5.41) is 0.397. The van der Waals surface area contributed by atoms with Crippen LogP contribution in [0.4, 0.5) is 0 Å². The van der Waals surface area contributed by atoms with Gasteiger partial charge in [-0.15, -0.1) is 0 Å². The van der Waals surface area contributed by atoms with Crippen LogP contribution in [-0.4, -0.2) is 24.1 Å². The summed E-state index contributed by atoms with van der Waals surface area (Å²) in [6, 6.07) is 3.77. The molecule has 1 aliphatic rings. The van der Waals surface area contributed by atoms with E-state index in [0.29, 0.717) is 28.7 Å². The molecule has 24 heavy (non-hydrogen) atoms. The monoisotopic (exact) mass is 345 g/mol. The van der Waals surface area contributed by atoms with Crippen LogP contribution in [0, 0.1) is 0 Å². The predicted molar refractivity (Wildman–Crippen MR) is 91.4 cm³/mol. The second-order valence-corrected chi connectivity index (χ2v) is 6.38. The zero-order chi connectivity index (χ0) is 16.8. The third kappa shape index (κ3) is 2.36. The van der Waals surface area contributed by atoms with Crippen molar-refractivity contribution in [1.82, 2.24) is 24.1 Å². The first-order valence-electron chi connectivity index (χ1n) is 7.97. The van der Waals surface area contributed by atoms with Crippen molar-refractivity contribution in [2.45, 2.75) is 38.8 Å². The Hall–Kier alpha value is -2.41. The quantitative estimate of drug-likeness (QED) is 0.735. The molecular weight excluding hydrogens is 330 g/mol. The fourth-order valence-corrected chi connectivity index (χ4v) is 3.09. The zero-order valence-electron chi connectivity index (χ0n) is 13.1. The average molecular weight is 346 g/mol. The summed E-state index contributed by atoms with van der Waals surface area (Å²) in [6.07, 6.45) is 4.44. The van der Waals surface area contributed by atoms with Crippen molar-refractivity contribution in [2.24, 2.45) is 0 Å². The molecule has 1 saturated carbocycles. The van der Waals surface area contributed by atoms with Gasteiger partial charge in [0, 0.05) is 24.3 Å². The molecule has 0 spiro atoms. The van der Waals surface area contributed by atoms with Crippen LogP contribution in [0.2, 0.25) is 5.15 Å². The van der Waals surface area contributed by atoms with E-state index in [9.17, 15) is 9.59 Å². The lowest BCUT2D eigenvalue weighted by atomic mass is 10.2. The Morgan fingerprint density at radius 2 is 2.12 bits per heavy atom. The highest BCUT2D eigenvalue weighted by atomic mass is 35.5. The second kappa shape index (κ2) is 5.59. The fourth-order valence-electron chi connectivity index (χ4n) is 2.98. The smallest absolute Gasteiger partial charge is 0.307 e. The SMILES string of the molecule is CCCn1c(=O)[nH]c(=O)c2nc(-c3ccc(Cl)nc3)n(C3CC3)c21. The Labute approximate surface area is 141 Å². The minimum atomic E-state index is -0.454. The maximum Gasteiger partial charge on any atom is 0.330 e. The van der Waals surface area contributed by atoms with E-state index in [1.807, 2.05) is 17.6 Å². The van der Waals surface area contributed by atoms with Crippen LogP contribution in [0.1, 0.15) is 32.2 Å². The minimum absolute atomic E-state index is 0.255. The molecule has 0 bridgehead atoms. The molecule has 0 atom stereocenters.